The molecule has 1 aromatic heterocycles. The Kier molecular flexibility index (Phi) is 4.28. The molecular formula is C13H14BrClFN3. The molecule has 2 aromatic rings. The van der Waals surface area contributed by atoms with Crippen LogP contribution in [-0.4, -0.2) is 9.78 Å². The van der Waals surface area contributed by atoms with Crippen molar-refractivity contribution in [1.82, 2.24) is 9.78 Å². The van der Waals surface area contributed by atoms with E-state index in [0.717, 1.165) is 11.3 Å². The van der Waals surface area contributed by atoms with E-state index >= 15 is 0 Å². The van der Waals surface area contributed by atoms with E-state index in [0.29, 0.717) is 21.6 Å². The van der Waals surface area contributed by atoms with Crippen LogP contribution >= 0.6 is 27.5 Å². The Hall–Kier alpha value is -0.910. The summed E-state index contributed by atoms with van der Waals surface area (Å²) in [7, 11) is 1.77. The molecule has 0 spiro atoms. The molecule has 19 heavy (non-hydrogen) atoms. The maximum absolute atomic E-state index is 13.8. The van der Waals surface area contributed by atoms with Crippen molar-refractivity contribution in [3.05, 3.63) is 50.5 Å². The van der Waals surface area contributed by atoms with Crippen molar-refractivity contribution >= 4 is 27.5 Å². The molecule has 0 fully saturated rings. The highest BCUT2D eigenvalue weighted by molar-refractivity contribution is 9.10. The lowest BCUT2D eigenvalue weighted by Crippen LogP contribution is -2.15. The topological polar surface area (TPSA) is 43.8 Å². The molecule has 0 amide bonds. The van der Waals surface area contributed by atoms with Crippen LogP contribution in [0.25, 0.3) is 0 Å². The van der Waals surface area contributed by atoms with Crippen molar-refractivity contribution < 1.29 is 4.39 Å². The maximum atomic E-state index is 13.8. The number of rotatable bonds is 3. The van der Waals surface area contributed by atoms with Gasteiger partial charge in [-0.1, -0.05) is 33.6 Å². The van der Waals surface area contributed by atoms with Crippen molar-refractivity contribution in [2.75, 3.05) is 0 Å². The zero-order valence-corrected chi connectivity index (χ0v) is 13.0. The van der Waals surface area contributed by atoms with E-state index in [1.54, 1.807) is 23.9 Å². The molecule has 0 aliphatic heterocycles. The number of benzene rings is 1. The Bertz CT molecular complexity index is 612. The van der Waals surface area contributed by atoms with E-state index in [9.17, 15) is 4.39 Å². The van der Waals surface area contributed by atoms with Crippen LogP contribution in [0.15, 0.2) is 22.7 Å². The van der Waals surface area contributed by atoms with Gasteiger partial charge in [-0.2, -0.15) is 5.10 Å². The van der Waals surface area contributed by atoms with Gasteiger partial charge in [-0.3, -0.25) is 4.68 Å². The van der Waals surface area contributed by atoms with Gasteiger partial charge in [0.1, 0.15) is 11.0 Å². The fourth-order valence-electron chi connectivity index (χ4n) is 2.04. The van der Waals surface area contributed by atoms with Gasteiger partial charge in [0.15, 0.2) is 0 Å². The Labute approximate surface area is 124 Å². The van der Waals surface area contributed by atoms with Crippen molar-refractivity contribution in [2.45, 2.75) is 19.4 Å². The van der Waals surface area contributed by atoms with Gasteiger partial charge in [0.05, 0.1) is 5.69 Å². The molecule has 1 unspecified atom stereocenters. The number of aromatic nitrogens is 2. The van der Waals surface area contributed by atoms with E-state index in [1.165, 1.54) is 6.07 Å². The zero-order chi connectivity index (χ0) is 14.2. The zero-order valence-electron chi connectivity index (χ0n) is 10.6. The lowest BCUT2D eigenvalue weighted by molar-refractivity contribution is 0.579. The Morgan fingerprint density at radius 2 is 2.21 bits per heavy atom. The first kappa shape index (κ1) is 14.5. The molecule has 1 atom stereocenters. The van der Waals surface area contributed by atoms with Crippen LogP contribution in [0.2, 0.25) is 5.15 Å². The summed E-state index contributed by atoms with van der Waals surface area (Å²) in [5.41, 5.74) is 8.23. The Morgan fingerprint density at radius 1 is 1.53 bits per heavy atom. The molecule has 102 valence electrons. The van der Waals surface area contributed by atoms with Crippen molar-refractivity contribution in [3.8, 4) is 0 Å². The van der Waals surface area contributed by atoms with E-state index in [4.69, 9.17) is 17.3 Å². The number of nitrogens with zero attached hydrogens (tertiary/aromatic N) is 2. The van der Waals surface area contributed by atoms with E-state index in [1.807, 2.05) is 6.92 Å². The minimum absolute atomic E-state index is 0.320. The van der Waals surface area contributed by atoms with E-state index < -0.39 is 6.04 Å². The van der Waals surface area contributed by atoms with Gasteiger partial charge < -0.3 is 5.73 Å². The summed E-state index contributed by atoms with van der Waals surface area (Å²) >= 11 is 9.38. The second-order valence-electron chi connectivity index (χ2n) is 4.45. The first-order valence-corrected chi connectivity index (χ1v) is 6.95. The molecular weight excluding hydrogens is 333 g/mol. The van der Waals surface area contributed by atoms with Gasteiger partial charge in [-0.25, -0.2) is 4.39 Å². The molecule has 0 saturated heterocycles. The van der Waals surface area contributed by atoms with Crippen LogP contribution in [0.4, 0.5) is 4.39 Å². The molecule has 3 nitrogen and oxygen atoms in total. The van der Waals surface area contributed by atoms with Crippen LogP contribution in [0.3, 0.4) is 0 Å². The number of hydrogen-bond acceptors (Lipinski definition) is 2. The number of aryl methyl sites for hydroxylation is 2. The van der Waals surface area contributed by atoms with E-state index in [2.05, 4.69) is 21.0 Å². The van der Waals surface area contributed by atoms with Gasteiger partial charge in [-0.15, -0.1) is 0 Å². The molecule has 2 N–H and O–H groups in total. The Morgan fingerprint density at radius 3 is 2.74 bits per heavy atom. The smallest absolute Gasteiger partial charge is 0.130 e. The quantitative estimate of drug-likeness (QED) is 0.924. The maximum Gasteiger partial charge on any atom is 0.130 e. The third-order valence-electron chi connectivity index (χ3n) is 3.06. The normalized spacial score (nSPS) is 12.7. The summed E-state index contributed by atoms with van der Waals surface area (Å²) in [6, 6.07) is 4.42. The molecule has 0 saturated carbocycles. The van der Waals surface area contributed by atoms with Crippen LogP contribution in [-0.2, 0) is 13.5 Å². The minimum Gasteiger partial charge on any atom is -0.324 e. The third-order valence-corrected chi connectivity index (χ3v) is 4.02. The van der Waals surface area contributed by atoms with Gasteiger partial charge in [0, 0.05) is 28.7 Å². The SMILES string of the molecule is Cc1nn(C)c(Cl)c1CC(N)c1ccc(Br)cc1F. The summed E-state index contributed by atoms with van der Waals surface area (Å²) in [6.07, 6.45) is 0.455. The van der Waals surface area contributed by atoms with Gasteiger partial charge in [0.2, 0.25) is 0 Å². The molecule has 6 heteroatoms. The molecule has 1 aromatic carbocycles. The van der Waals surface area contributed by atoms with Crippen molar-refractivity contribution in [3.63, 3.8) is 0 Å². The fourth-order valence-corrected chi connectivity index (χ4v) is 2.62. The van der Waals surface area contributed by atoms with Crippen LogP contribution < -0.4 is 5.73 Å². The Balaban J connectivity index is 2.28. The highest BCUT2D eigenvalue weighted by atomic mass is 79.9. The first-order valence-electron chi connectivity index (χ1n) is 5.78. The lowest BCUT2D eigenvalue weighted by Gasteiger charge is -2.13. The van der Waals surface area contributed by atoms with Crippen LogP contribution in [0, 0.1) is 12.7 Å². The molecule has 2 rings (SSSR count). The van der Waals surface area contributed by atoms with Crippen LogP contribution in [0.1, 0.15) is 22.9 Å². The summed E-state index contributed by atoms with van der Waals surface area (Å²) in [5, 5.41) is 4.77. The average Bonchev–Trinajstić information content (AvgIpc) is 2.56. The second-order valence-corrected chi connectivity index (χ2v) is 5.73. The average molecular weight is 347 g/mol. The molecule has 0 aliphatic carbocycles. The predicted octanol–water partition coefficient (Wildman–Crippen LogP) is 3.53. The van der Waals surface area contributed by atoms with Gasteiger partial charge in [0.25, 0.3) is 0 Å². The molecule has 1 heterocycles. The minimum atomic E-state index is -0.450. The van der Waals surface area contributed by atoms with Gasteiger partial charge in [-0.05, 0) is 25.5 Å². The molecule has 0 radical (unpaired) electrons. The number of nitrogens with two attached hydrogens (primary N) is 1. The summed E-state index contributed by atoms with van der Waals surface area (Å²) in [6.45, 7) is 1.87. The van der Waals surface area contributed by atoms with Gasteiger partial charge >= 0.3 is 0 Å². The lowest BCUT2D eigenvalue weighted by atomic mass is 10.00. The number of hydrogen-bond donors (Lipinski definition) is 1. The van der Waals surface area contributed by atoms with Crippen molar-refractivity contribution in [2.24, 2.45) is 12.8 Å². The predicted molar refractivity (Wildman–Crippen MR) is 77.7 cm³/mol. The summed E-state index contributed by atoms with van der Waals surface area (Å²) in [4.78, 5) is 0. The van der Waals surface area contributed by atoms with Crippen LogP contribution in [0.5, 0.6) is 0 Å². The highest BCUT2D eigenvalue weighted by Gasteiger charge is 2.18. The monoisotopic (exact) mass is 345 g/mol. The summed E-state index contributed by atoms with van der Waals surface area (Å²) < 4.78 is 16.1. The van der Waals surface area contributed by atoms with E-state index in [-0.39, 0.29) is 5.82 Å². The number of halogens is 3. The summed E-state index contributed by atoms with van der Waals surface area (Å²) in [5.74, 6) is -0.320. The molecule has 0 bridgehead atoms. The fraction of sp³-hybridized carbons (Fsp3) is 0.308. The third kappa shape index (κ3) is 2.99. The highest BCUT2D eigenvalue weighted by Crippen LogP contribution is 2.26. The molecule has 0 aliphatic rings. The van der Waals surface area contributed by atoms with Crippen molar-refractivity contribution in [1.29, 1.82) is 0 Å². The second kappa shape index (κ2) is 5.61. The first-order chi connectivity index (χ1) is 8.90. The standard InChI is InChI=1S/C13H14BrClFN3/c1-7-10(13(15)19(2)18-7)6-12(17)9-4-3-8(14)5-11(9)16/h3-5,12H,6,17H2,1-2H3. The largest absolute Gasteiger partial charge is 0.324 e.